The van der Waals surface area contributed by atoms with Gasteiger partial charge in [0.05, 0.1) is 11.5 Å². The fraction of sp³-hybridized carbons (Fsp3) is 0.875. The summed E-state index contributed by atoms with van der Waals surface area (Å²) in [7, 11) is -3.13. The summed E-state index contributed by atoms with van der Waals surface area (Å²) in [6.07, 6.45) is 0. The van der Waals surface area contributed by atoms with Gasteiger partial charge in [-0.3, -0.25) is 9.69 Å². The molecule has 2 rings (SSSR count). The van der Waals surface area contributed by atoms with Crippen molar-refractivity contribution in [1.29, 1.82) is 0 Å². The summed E-state index contributed by atoms with van der Waals surface area (Å²) < 4.78 is 22.3. The molecule has 15 heavy (non-hydrogen) atoms. The van der Waals surface area contributed by atoms with Crippen LogP contribution in [0.4, 0.5) is 0 Å². The quantitative estimate of drug-likeness (QED) is 0.583. The average Bonchev–Trinajstić information content (AvgIpc) is 2.14. The van der Waals surface area contributed by atoms with Gasteiger partial charge in [-0.25, -0.2) is 8.42 Å². The molecule has 0 radical (unpaired) electrons. The highest BCUT2D eigenvalue weighted by molar-refractivity contribution is 7.93. The van der Waals surface area contributed by atoms with Gasteiger partial charge in [0.2, 0.25) is 0 Å². The van der Waals surface area contributed by atoms with Crippen molar-refractivity contribution < 1.29 is 18.3 Å². The molecule has 86 valence electrons. The van der Waals surface area contributed by atoms with Crippen LogP contribution >= 0.6 is 0 Å². The summed E-state index contributed by atoms with van der Waals surface area (Å²) in [5, 5.41) is 12.3. The van der Waals surface area contributed by atoms with Gasteiger partial charge in [-0.15, -0.1) is 0 Å². The average molecular weight is 234 g/mol. The van der Waals surface area contributed by atoms with E-state index in [1.54, 1.807) is 4.90 Å². The van der Waals surface area contributed by atoms with Crippen LogP contribution in [0.25, 0.3) is 0 Å². The lowest BCUT2D eigenvalue weighted by Gasteiger charge is -2.47. The van der Waals surface area contributed by atoms with Gasteiger partial charge in [-0.1, -0.05) is 0 Å². The molecule has 6 nitrogen and oxygen atoms in total. The van der Waals surface area contributed by atoms with Gasteiger partial charge >= 0.3 is 5.97 Å². The van der Waals surface area contributed by atoms with Gasteiger partial charge in [0.15, 0.2) is 9.84 Å². The van der Waals surface area contributed by atoms with Crippen molar-refractivity contribution in [3.8, 4) is 0 Å². The summed E-state index contributed by atoms with van der Waals surface area (Å²) >= 11 is 0. The lowest BCUT2D eigenvalue weighted by atomic mass is 10.0. The van der Waals surface area contributed by atoms with Crippen molar-refractivity contribution in [2.45, 2.75) is 5.54 Å². The first-order chi connectivity index (χ1) is 6.96. The Hall–Kier alpha value is -0.660. The zero-order valence-electron chi connectivity index (χ0n) is 8.27. The number of carboxylic acid groups (broad SMARTS) is 1. The van der Waals surface area contributed by atoms with Crippen LogP contribution in [-0.2, 0) is 14.6 Å². The van der Waals surface area contributed by atoms with E-state index in [9.17, 15) is 13.2 Å². The highest BCUT2D eigenvalue weighted by Crippen LogP contribution is 2.30. The van der Waals surface area contributed by atoms with Crippen LogP contribution in [-0.4, -0.2) is 67.6 Å². The van der Waals surface area contributed by atoms with Gasteiger partial charge in [0, 0.05) is 26.2 Å². The van der Waals surface area contributed by atoms with Crippen LogP contribution in [0.2, 0.25) is 0 Å². The highest BCUT2D eigenvalue weighted by atomic mass is 32.2. The predicted octanol–water partition coefficient (Wildman–Crippen LogP) is -1.86. The van der Waals surface area contributed by atoms with Crippen molar-refractivity contribution in [3.63, 3.8) is 0 Å². The minimum atomic E-state index is -3.13. The minimum Gasteiger partial charge on any atom is -0.480 e. The first-order valence-corrected chi connectivity index (χ1v) is 6.68. The van der Waals surface area contributed by atoms with Gasteiger partial charge < -0.3 is 10.4 Å². The van der Waals surface area contributed by atoms with E-state index in [0.717, 1.165) is 13.1 Å². The Morgan fingerprint density at radius 2 is 1.80 bits per heavy atom. The Bertz CT molecular complexity index is 360. The van der Waals surface area contributed by atoms with Crippen LogP contribution in [0.5, 0.6) is 0 Å². The van der Waals surface area contributed by atoms with Crippen LogP contribution in [0.15, 0.2) is 0 Å². The fourth-order valence-electron chi connectivity index (χ4n) is 2.22. The monoisotopic (exact) mass is 234 g/mol. The van der Waals surface area contributed by atoms with Crippen molar-refractivity contribution in [2.24, 2.45) is 0 Å². The second kappa shape index (κ2) is 3.43. The van der Waals surface area contributed by atoms with Crippen molar-refractivity contribution in [2.75, 3.05) is 37.7 Å². The fourth-order valence-corrected chi connectivity index (χ4v) is 4.20. The summed E-state index contributed by atoms with van der Waals surface area (Å²) in [4.78, 5) is 12.9. The second-order valence-electron chi connectivity index (χ2n) is 4.11. The van der Waals surface area contributed by atoms with Crippen LogP contribution in [0.1, 0.15) is 0 Å². The second-order valence-corrected chi connectivity index (χ2v) is 6.17. The first kappa shape index (κ1) is 10.8. The van der Waals surface area contributed by atoms with E-state index in [-0.39, 0.29) is 11.5 Å². The molecule has 2 fully saturated rings. The number of nitrogens with zero attached hydrogens (tertiary/aromatic N) is 1. The molecule has 0 unspecified atom stereocenters. The Morgan fingerprint density at radius 3 is 2.20 bits per heavy atom. The molecule has 0 spiro atoms. The number of nitrogens with one attached hydrogen (secondary N) is 1. The number of hydrogen-bond donors (Lipinski definition) is 2. The number of sulfone groups is 1. The van der Waals surface area contributed by atoms with Gasteiger partial charge in [-0.05, 0) is 0 Å². The number of carbonyl (C=O) groups is 1. The summed E-state index contributed by atoms with van der Waals surface area (Å²) in [6.45, 7) is 2.63. The molecular weight excluding hydrogens is 220 g/mol. The molecule has 0 amide bonds. The maximum Gasteiger partial charge on any atom is 0.326 e. The standard InChI is InChI=1S/C8H14N2O4S/c11-7(12)8(5-15(13,14)6-8)10-3-1-9-2-4-10/h9H,1-6H2,(H,11,12). The van der Waals surface area contributed by atoms with Gasteiger partial charge in [0.25, 0.3) is 0 Å². The third-order valence-corrected chi connectivity index (χ3v) is 4.87. The summed E-state index contributed by atoms with van der Waals surface area (Å²) in [5.74, 6) is -1.50. The molecule has 0 aliphatic carbocycles. The SMILES string of the molecule is O=C(O)C1(N2CCNCC2)CS(=O)(=O)C1. The third-order valence-electron chi connectivity index (χ3n) is 3.04. The molecule has 0 aromatic heterocycles. The molecule has 2 aliphatic heterocycles. The normalized spacial score (nSPS) is 29.3. The highest BCUT2D eigenvalue weighted by Gasteiger charge is 2.58. The lowest BCUT2D eigenvalue weighted by Crippen LogP contribution is -2.72. The van der Waals surface area contributed by atoms with Crippen LogP contribution in [0.3, 0.4) is 0 Å². The van der Waals surface area contributed by atoms with Crippen LogP contribution < -0.4 is 5.32 Å². The maximum atomic E-state index is 11.2. The summed E-state index contributed by atoms with van der Waals surface area (Å²) in [6, 6.07) is 0. The molecule has 2 N–H and O–H groups in total. The van der Waals surface area contributed by atoms with E-state index < -0.39 is 21.3 Å². The molecule has 7 heteroatoms. The number of piperazine rings is 1. The van der Waals surface area contributed by atoms with E-state index in [4.69, 9.17) is 5.11 Å². The number of hydrogen-bond acceptors (Lipinski definition) is 5. The number of aliphatic carboxylic acids is 1. The maximum absolute atomic E-state index is 11.2. The number of carboxylic acids is 1. The largest absolute Gasteiger partial charge is 0.480 e. The molecule has 0 aromatic carbocycles. The Morgan fingerprint density at radius 1 is 1.27 bits per heavy atom. The van der Waals surface area contributed by atoms with E-state index >= 15 is 0 Å². The zero-order chi connectivity index (χ0) is 11.1. The van der Waals surface area contributed by atoms with E-state index in [0.29, 0.717) is 13.1 Å². The smallest absolute Gasteiger partial charge is 0.326 e. The van der Waals surface area contributed by atoms with Gasteiger partial charge in [0.1, 0.15) is 5.54 Å². The van der Waals surface area contributed by atoms with E-state index in [1.165, 1.54) is 0 Å². The lowest BCUT2D eigenvalue weighted by molar-refractivity contribution is -0.150. The first-order valence-electron chi connectivity index (χ1n) is 4.86. The summed E-state index contributed by atoms with van der Waals surface area (Å²) in [5.41, 5.74) is -1.15. The molecule has 2 saturated heterocycles. The van der Waals surface area contributed by atoms with E-state index in [1.807, 2.05) is 0 Å². The van der Waals surface area contributed by atoms with Crippen molar-refractivity contribution >= 4 is 15.8 Å². The molecule has 0 saturated carbocycles. The molecular formula is C8H14N2O4S. The zero-order valence-corrected chi connectivity index (χ0v) is 9.09. The Kier molecular flexibility index (Phi) is 2.48. The molecule has 0 aromatic rings. The Balaban J connectivity index is 2.17. The molecule has 2 aliphatic rings. The molecule has 2 heterocycles. The van der Waals surface area contributed by atoms with Crippen molar-refractivity contribution in [1.82, 2.24) is 10.2 Å². The Labute approximate surface area is 88.2 Å². The van der Waals surface area contributed by atoms with E-state index in [2.05, 4.69) is 5.32 Å². The third kappa shape index (κ3) is 1.75. The minimum absolute atomic E-state index is 0.241. The molecule has 0 bridgehead atoms. The number of rotatable bonds is 2. The van der Waals surface area contributed by atoms with Crippen molar-refractivity contribution in [3.05, 3.63) is 0 Å². The van der Waals surface area contributed by atoms with Gasteiger partial charge in [-0.2, -0.15) is 0 Å². The van der Waals surface area contributed by atoms with Crippen LogP contribution in [0, 0.1) is 0 Å². The topological polar surface area (TPSA) is 86.7 Å². The predicted molar refractivity (Wildman–Crippen MR) is 53.5 cm³/mol. The molecule has 0 atom stereocenters.